The quantitative estimate of drug-likeness (QED) is 0.694. The van der Waals surface area contributed by atoms with Gasteiger partial charge in [-0.25, -0.2) is 4.98 Å². The molecule has 0 saturated heterocycles. The summed E-state index contributed by atoms with van der Waals surface area (Å²) in [5.74, 6) is 0.961. The van der Waals surface area contributed by atoms with Crippen LogP contribution in [0.5, 0.6) is 0 Å². The van der Waals surface area contributed by atoms with Crippen LogP contribution < -0.4 is 10.9 Å². The van der Waals surface area contributed by atoms with E-state index in [1.54, 1.807) is 0 Å². The number of H-pyrrole nitrogens is 1. The molecule has 4 heteroatoms. The Labute approximate surface area is 154 Å². The molecule has 0 amide bonds. The zero-order chi connectivity index (χ0) is 18.7. The fourth-order valence-corrected chi connectivity index (χ4v) is 3.22. The molecular formula is C22H25N3O. The van der Waals surface area contributed by atoms with Gasteiger partial charge in [0.15, 0.2) is 0 Å². The van der Waals surface area contributed by atoms with E-state index in [1.165, 1.54) is 11.1 Å². The molecule has 2 N–H and O–H groups in total. The van der Waals surface area contributed by atoms with Crippen molar-refractivity contribution in [2.75, 3.05) is 5.32 Å². The first-order chi connectivity index (χ1) is 12.4. The minimum Gasteiger partial charge on any atom is -0.326 e. The maximum atomic E-state index is 12.5. The summed E-state index contributed by atoms with van der Waals surface area (Å²) in [6.07, 6.45) is 0.581. The summed E-state index contributed by atoms with van der Waals surface area (Å²) in [4.78, 5) is 19.9. The monoisotopic (exact) mass is 347 g/mol. The zero-order valence-corrected chi connectivity index (χ0v) is 15.8. The van der Waals surface area contributed by atoms with Gasteiger partial charge in [0.25, 0.3) is 5.56 Å². The predicted octanol–water partition coefficient (Wildman–Crippen LogP) is 4.84. The first kappa shape index (κ1) is 17.9. The summed E-state index contributed by atoms with van der Waals surface area (Å²) < 4.78 is 0. The summed E-state index contributed by atoms with van der Waals surface area (Å²) in [7, 11) is 0. The Kier molecular flexibility index (Phi) is 5.21. The van der Waals surface area contributed by atoms with Gasteiger partial charge in [-0.2, -0.15) is 0 Å². The van der Waals surface area contributed by atoms with Crippen molar-refractivity contribution in [3.63, 3.8) is 0 Å². The summed E-state index contributed by atoms with van der Waals surface area (Å²) in [6.45, 7) is 8.35. The Bertz CT molecular complexity index is 959. The standard InChI is InChI=1S/C22H25N3O/c1-14(2)19-11-10-18(12-15(19)3)24-22-23-16(4)20(21(26)25-22)13-17-8-6-5-7-9-17/h5-12,14H,13H2,1-4H3,(H2,23,24,25,26). The molecule has 0 aliphatic carbocycles. The lowest BCUT2D eigenvalue weighted by Gasteiger charge is -2.13. The van der Waals surface area contributed by atoms with Gasteiger partial charge in [-0.05, 0) is 48.6 Å². The average molecular weight is 347 g/mol. The molecule has 1 aromatic heterocycles. The Morgan fingerprint density at radius 1 is 1.08 bits per heavy atom. The first-order valence-corrected chi connectivity index (χ1v) is 8.95. The first-order valence-electron chi connectivity index (χ1n) is 8.95. The number of aromatic amines is 1. The minimum absolute atomic E-state index is 0.0978. The Morgan fingerprint density at radius 2 is 1.81 bits per heavy atom. The van der Waals surface area contributed by atoms with Crippen LogP contribution in [-0.4, -0.2) is 9.97 Å². The van der Waals surface area contributed by atoms with E-state index in [1.807, 2.05) is 43.3 Å². The average Bonchev–Trinajstić information content (AvgIpc) is 2.59. The Morgan fingerprint density at radius 3 is 2.42 bits per heavy atom. The number of aryl methyl sites for hydroxylation is 2. The molecule has 1 heterocycles. The van der Waals surface area contributed by atoms with Gasteiger partial charge >= 0.3 is 0 Å². The lowest BCUT2D eigenvalue weighted by atomic mass is 9.98. The van der Waals surface area contributed by atoms with E-state index < -0.39 is 0 Å². The second kappa shape index (κ2) is 7.56. The maximum Gasteiger partial charge on any atom is 0.256 e. The molecule has 0 saturated carbocycles. The van der Waals surface area contributed by atoms with Crippen LogP contribution in [0.15, 0.2) is 53.3 Å². The summed E-state index contributed by atoms with van der Waals surface area (Å²) in [5, 5.41) is 3.22. The van der Waals surface area contributed by atoms with Crippen LogP contribution in [0.4, 0.5) is 11.6 Å². The summed E-state index contributed by atoms with van der Waals surface area (Å²) in [5.41, 5.74) is 5.92. The largest absolute Gasteiger partial charge is 0.326 e. The highest BCUT2D eigenvalue weighted by atomic mass is 16.1. The van der Waals surface area contributed by atoms with Gasteiger partial charge in [-0.3, -0.25) is 9.78 Å². The van der Waals surface area contributed by atoms with Crippen LogP contribution in [0, 0.1) is 13.8 Å². The van der Waals surface area contributed by atoms with Crippen molar-refractivity contribution in [1.82, 2.24) is 9.97 Å². The van der Waals surface area contributed by atoms with E-state index in [2.05, 4.69) is 48.2 Å². The molecule has 4 nitrogen and oxygen atoms in total. The summed E-state index contributed by atoms with van der Waals surface area (Å²) >= 11 is 0. The second-order valence-electron chi connectivity index (χ2n) is 6.99. The number of benzene rings is 2. The molecular weight excluding hydrogens is 322 g/mol. The molecule has 0 bridgehead atoms. The third-order valence-electron chi connectivity index (χ3n) is 4.60. The maximum absolute atomic E-state index is 12.5. The van der Waals surface area contributed by atoms with E-state index in [0.717, 1.165) is 16.9 Å². The van der Waals surface area contributed by atoms with Crippen LogP contribution >= 0.6 is 0 Å². The van der Waals surface area contributed by atoms with Crippen molar-refractivity contribution in [3.8, 4) is 0 Å². The van der Waals surface area contributed by atoms with Crippen LogP contribution in [0.3, 0.4) is 0 Å². The number of hydrogen-bond acceptors (Lipinski definition) is 3. The molecule has 0 atom stereocenters. The normalized spacial score (nSPS) is 11.0. The van der Waals surface area contributed by atoms with E-state index >= 15 is 0 Å². The Balaban J connectivity index is 1.84. The highest BCUT2D eigenvalue weighted by molar-refractivity contribution is 5.56. The van der Waals surface area contributed by atoms with Gasteiger partial charge < -0.3 is 5.32 Å². The van der Waals surface area contributed by atoms with Crippen molar-refractivity contribution in [1.29, 1.82) is 0 Å². The molecule has 3 aromatic rings. The van der Waals surface area contributed by atoms with Gasteiger partial charge in [0.2, 0.25) is 5.95 Å². The summed E-state index contributed by atoms with van der Waals surface area (Å²) in [6, 6.07) is 16.2. The third kappa shape index (κ3) is 4.02. The fourth-order valence-electron chi connectivity index (χ4n) is 3.22. The van der Waals surface area contributed by atoms with Crippen LogP contribution in [0.25, 0.3) is 0 Å². The fraction of sp³-hybridized carbons (Fsp3) is 0.273. The number of anilines is 2. The van der Waals surface area contributed by atoms with Gasteiger partial charge in [0.1, 0.15) is 0 Å². The highest BCUT2D eigenvalue weighted by Crippen LogP contribution is 2.23. The van der Waals surface area contributed by atoms with Gasteiger partial charge in [-0.1, -0.05) is 50.2 Å². The molecule has 0 aliphatic rings. The molecule has 2 aromatic carbocycles. The molecule has 134 valence electrons. The van der Waals surface area contributed by atoms with Gasteiger partial charge in [0, 0.05) is 17.7 Å². The predicted molar refractivity (Wildman–Crippen MR) is 107 cm³/mol. The van der Waals surface area contributed by atoms with Crippen molar-refractivity contribution in [2.45, 2.75) is 40.0 Å². The van der Waals surface area contributed by atoms with Crippen LogP contribution in [0.1, 0.15) is 47.7 Å². The number of nitrogens with zero attached hydrogens (tertiary/aromatic N) is 1. The van der Waals surface area contributed by atoms with Crippen molar-refractivity contribution >= 4 is 11.6 Å². The van der Waals surface area contributed by atoms with Crippen molar-refractivity contribution < 1.29 is 0 Å². The number of hydrogen-bond donors (Lipinski definition) is 2. The minimum atomic E-state index is -0.0978. The lowest BCUT2D eigenvalue weighted by Crippen LogP contribution is -2.18. The van der Waals surface area contributed by atoms with E-state index in [9.17, 15) is 4.79 Å². The number of nitrogens with one attached hydrogen (secondary N) is 2. The molecule has 0 aliphatic heterocycles. The van der Waals surface area contributed by atoms with Gasteiger partial charge in [-0.15, -0.1) is 0 Å². The van der Waals surface area contributed by atoms with Crippen molar-refractivity contribution in [3.05, 3.63) is 86.8 Å². The lowest BCUT2D eigenvalue weighted by molar-refractivity contribution is 0.857. The van der Waals surface area contributed by atoms with Gasteiger partial charge in [0.05, 0.1) is 5.69 Å². The van der Waals surface area contributed by atoms with Crippen LogP contribution in [-0.2, 0) is 6.42 Å². The third-order valence-corrected chi connectivity index (χ3v) is 4.60. The molecule has 3 rings (SSSR count). The molecule has 0 radical (unpaired) electrons. The molecule has 0 unspecified atom stereocenters. The Hall–Kier alpha value is -2.88. The SMILES string of the molecule is Cc1cc(Nc2nc(C)c(Cc3ccccc3)c(=O)[nH]2)ccc1C(C)C. The number of aromatic nitrogens is 2. The number of rotatable bonds is 5. The van der Waals surface area contributed by atoms with Crippen LogP contribution in [0.2, 0.25) is 0 Å². The molecule has 0 spiro atoms. The van der Waals surface area contributed by atoms with E-state index in [-0.39, 0.29) is 5.56 Å². The molecule has 0 fully saturated rings. The second-order valence-corrected chi connectivity index (χ2v) is 6.99. The molecule has 26 heavy (non-hydrogen) atoms. The highest BCUT2D eigenvalue weighted by Gasteiger charge is 2.10. The van der Waals surface area contributed by atoms with E-state index in [4.69, 9.17) is 0 Å². The topological polar surface area (TPSA) is 57.8 Å². The van der Waals surface area contributed by atoms with Crippen molar-refractivity contribution in [2.24, 2.45) is 0 Å². The smallest absolute Gasteiger partial charge is 0.256 e. The van der Waals surface area contributed by atoms with E-state index in [0.29, 0.717) is 23.9 Å². The zero-order valence-electron chi connectivity index (χ0n) is 15.8.